The zero-order valence-corrected chi connectivity index (χ0v) is 24.1. The number of carboxylic acids is 2. The van der Waals surface area contributed by atoms with Crippen LogP contribution in [0.4, 0.5) is 0 Å². The summed E-state index contributed by atoms with van der Waals surface area (Å²) in [6.45, 7) is 3.64. The number of hydrogen-bond donors (Lipinski definition) is 8. The van der Waals surface area contributed by atoms with Crippen molar-refractivity contribution >= 4 is 35.6 Å². The summed E-state index contributed by atoms with van der Waals surface area (Å²) < 4.78 is 0. The summed E-state index contributed by atoms with van der Waals surface area (Å²) in [5.74, 6) is -5.23. The highest BCUT2D eigenvalue weighted by Crippen LogP contribution is 2.08. The van der Waals surface area contributed by atoms with Gasteiger partial charge in [0.25, 0.3) is 0 Å². The van der Waals surface area contributed by atoms with Crippen molar-refractivity contribution in [3.05, 3.63) is 35.9 Å². The van der Waals surface area contributed by atoms with Crippen LogP contribution in [0.15, 0.2) is 30.3 Å². The van der Waals surface area contributed by atoms with E-state index >= 15 is 0 Å². The van der Waals surface area contributed by atoms with Gasteiger partial charge in [0.1, 0.15) is 18.1 Å². The molecule has 14 heteroatoms. The second-order valence-corrected chi connectivity index (χ2v) is 10.4. The minimum absolute atomic E-state index is 0.00303. The van der Waals surface area contributed by atoms with Gasteiger partial charge < -0.3 is 42.9 Å². The van der Waals surface area contributed by atoms with Gasteiger partial charge in [0.15, 0.2) is 0 Å². The molecule has 0 saturated carbocycles. The topological polar surface area (TPSA) is 243 Å². The Balaban J connectivity index is 3.04. The fourth-order valence-electron chi connectivity index (χ4n) is 4.05. The lowest BCUT2D eigenvalue weighted by molar-refractivity contribution is -0.142. The predicted octanol–water partition coefficient (Wildman–Crippen LogP) is -0.748. The van der Waals surface area contributed by atoms with Crippen LogP contribution in [0.5, 0.6) is 0 Å². The molecule has 0 aliphatic carbocycles. The Kier molecular flexibility index (Phi) is 16.4. The smallest absolute Gasteiger partial charge is 0.326 e. The lowest BCUT2D eigenvalue weighted by Crippen LogP contribution is -2.57. The molecule has 0 aliphatic rings. The zero-order chi connectivity index (χ0) is 31.7. The van der Waals surface area contributed by atoms with Gasteiger partial charge in [0.05, 0.1) is 12.6 Å². The first-order valence-corrected chi connectivity index (χ1v) is 14.0. The van der Waals surface area contributed by atoms with Crippen LogP contribution in [0.1, 0.15) is 57.9 Å². The average molecular weight is 593 g/mol. The van der Waals surface area contributed by atoms with Crippen molar-refractivity contribution in [2.45, 2.75) is 83.0 Å². The number of unbranched alkanes of at least 4 members (excludes halogenated alkanes) is 1. The third-order valence-electron chi connectivity index (χ3n) is 6.26. The monoisotopic (exact) mass is 592 g/mol. The number of benzene rings is 1. The highest BCUT2D eigenvalue weighted by atomic mass is 16.4. The van der Waals surface area contributed by atoms with Gasteiger partial charge in [0.2, 0.25) is 23.6 Å². The lowest BCUT2D eigenvalue weighted by Gasteiger charge is -2.25. The molecule has 234 valence electrons. The molecule has 0 aliphatic heterocycles. The Bertz CT molecular complexity index is 1050. The van der Waals surface area contributed by atoms with Crippen LogP contribution in [-0.2, 0) is 35.2 Å². The molecule has 4 amide bonds. The van der Waals surface area contributed by atoms with E-state index in [1.165, 1.54) is 0 Å². The molecule has 4 unspecified atom stereocenters. The molecule has 0 saturated heterocycles. The van der Waals surface area contributed by atoms with Gasteiger partial charge in [-0.1, -0.05) is 44.2 Å². The Labute approximate surface area is 245 Å². The van der Waals surface area contributed by atoms with E-state index in [-0.39, 0.29) is 25.2 Å². The molecule has 0 bridgehead atoms. The van der Waals surface area contributed by atoms with Crippen molar-refractivity contribution in [2.24, 2.45) is 17.4 Å². The largest absolute Gasteiger partial charge is 0.481 e. The molecule has 0 aromatic heterocycles. The summed E-state index contributed by atoms with van der Waals surface area (Å²) in [5, 5.41) is 28.5. The summed E-state index contributed by atoms with van der Waals surface area (Å²) in [5.41, 5.74) is 12.0. The second-order valence-electron chi connectivity index (χ2n) is 10.4. The van der Waals surface area contributed by atoms with E-state index in [1.54, 1.807) is 30.3 Å². The van der Waals surface area contributed by atoms with Crippen molar-refractivity contribution in [3.8, 4) is 0 Å². The number of aliphatic carboxylic acids is 2. The van der Waals surface area contributed by atoms with Gasteiger partial charge in [-0.3, -0.25) is 24.0 Å². The highest BCUT2D eigenvalue weighted by molar-refractivity contribution is 5.94. The Morgan fingerprint density at radius 3 is 2.00 bits per heavy atom. The van der Waals surface area contributed by atoms with Crippen molar-refractivity contribution < 1.29 is 39.0 Å². The Hall–Kier alpha value is -4.04. The molecule has 0 fully saturated rings. The van der Waals surface area contributed by atoms with Crippen LogP contribution in [0.3, 0.4) is 0 Å². The Morgan fingerprint density at radius 1 is 0.810 bits per heavy atom. The van der Waals surface area contributed by atoms with E-state index in [9.17, 15) is 33.9 Å². The van der Waals surface area contributed by atoms with Gasteiger partial charge in [-0.15, -0.1) is 0 Å². The molecule has 14 nitrogen and oxygen atoms in total. The normalized spacial score (nSPS) is 13.7. The van der Waals surface area contributed by atoms with Crippen molar-refractivity contribution in [1.29, 1.82) is 0 Å². The summed E-state index contributed by atoms with van der Waals surface area (Å²) >= 11 is 0. The number of nitrogens with two attached hydrogens (primary N) is 2. The number of rotatable bonds is 20. The number of amides is 4. The fourth-order valence-corrected chi connectivity index (χ4v) is 4.05. The summed E-state index contributed by atoms with van der Waals surface area (Å²) in [4.78, 5) is 74.1. The van der Waals surface area contributed by atoms with Gasteiger partial charge in [0, 0.05) is 12.8 Å². The summed E-state index contributed by atoms with van der Waals surface area (Å²) in [7, 11) is 0. The molecule has 0 radical (unpaired) electrons. The molecular formula is C28H44N6O8. The van der Waals surface area contributed by atoms with Crippen molar-refractivity contribution in [3.63, 3.8) is 0 Å². The quantitative estimate of drug-likeness (QED) is 0.0881. The maximum absolute atomic E-state index is 13.3. The molecule has 0 heterocycles. The van der Waals surface area contributed by atoms with Crippen molar-refractivity contribution in [2.75, 3.05) is 13.1 Å². The zero-order valence-electron chi connectivity index (χ0n) is 24.1. The Morgan fingerprint density at radius 2 is 1.43 bits per heavy atom. The molecule has 0 spiro atoms. The van der Waals surface area contributed by atoms with E-state index in [0.29, 0.717) is 31.4 Å². The van der Waals surface area contributed by atoms with E-state index in [4.69, 9.17) is 16.6 Å². The first-order chi connectivity index (χ1) is 19.8. The number of hydrogen-bond acceptors (Lipinski definition) is 8. The van der Waals surface area contributed by atoms with E-state index < -0.39 is 72.7 Å². The van der Waals surface area contributed by atoms with E-state index in [2.05, 4.69) is 21.3 Å². The minimum Gasteiger partial charge on any atom is -0.481 e. The van der Waals surface area contributed by atoms with Gasteiger partial charge >= 0.3 is 11.9 Å². The fraction of sp³-hybridized carbons (Fsp3) is 0.571. The van der Waals surface area contributed by atoms with Crippen LogP contribution < -0.4 is 32.7 Å². The third kappa shape index (κ3) is 14.6. The minimum atomic E-state index is -1.36. The molecule has 4 atom stereocenters. The number of carboxylic acid groups (broad SMARTS) is 2. The molecule has 1 rings (SSSR count). The van der Waals surface area contributed by atoms with Gasteiger partial charge in [-0.2, -0.15) is 0 Å². The highest BCUT2D eigenvalue weighted by Gasteiger charge is 2.30. The summed E-state index contributed by atoms with van der Waals surface area (Å²) in [6, 6.07) is 4.03. The van der Waals surface area contributed by atoms with E-state index in [1.807, 2.05) is 13.8 Å². The molecule has 1 aromatic rings. The standard InChI is InChI=1S/C28H44N6O8/c1-17(2)14-19(30)25(38)31-16-23(35)32-20(11-12-24(36)37)26(39)34-22(15-18-8-4-3-5-9-18)27(40)33-21(28(41)42)10-6-7-13-29/h3-5,8-9,17,19-22H,6-7,10-16,29-30H2,1-2H3,(H,31,38)(H,32,35)(H,33,40)(H,34,39)(H,36,37)(H,41,42). The summed E-state index contributed by atoms with van der Waals surface area (Å²) in [6.07, 6.45) is 0.791. The first-order valence-electron chi connectivity index (χ1n) is 14.0. The van der Waals surface area contributed by atoms with Crippen molar-refractivity contribution in [1.82, 2.24) is 21.3 Å². The molecular weight excluding hydrogens is 548 g/mol. The predicted molar refractivity (Wildman–Crippen MR) is 154 cm³/mol. The van der Waals surface area contributed by atoms with Crippen LogP contribution in [0, 0.1) is 5.92 Å². The van der Waals surface area contributed by atoms with E-state index in [0.717, 1.165) is 0 Å². The third-order valence-corrected chi connectivity index (χ3v) is 6.26. The first kappa shape index (κ1) is 36.0. The number of carbonyl (C=O) groups is 6. The van der Waals surface area contributed by atoms with Crippen LogP contribution in [-0.4, -0.2) is 83.0 Å². The van der Waals surface area contributed by atoms with Gasteiger partial charge in [-0.05, 0) is 50.1 Å². The van der Waals surface area contributed by atoms with Gasteiger partial charge in [-0.25, -0.2) is 4.79 Å². The molecule has 42 heavy (non-hydrogen) atoms. The second kappa shape index (κ2) is 19.1. The number of carbonyl (C=O) groups excluding carboxylic acids is 4. The average Bonchev–Trinajstić information content (AvgIpc) is 2.92. The van der Waals surface area contributed by atoms with Crippen LogP contribution in [0.25, 0.3) is 0 Å². The molecule has 10 N–H and O–H groups in total. The SMILES string of the molecule is CC(C)CC(N)C(=O)NCC(=O)NC(CCC(=O)O)C(=O)NC(Cc1ccccc1)C(=O)NC(CCCCN)C(=O)O. The number of nitrogens with one attached hydrogen (secondary N) is 4. The maximum Gasteiger partial charge on any atom is 0.326 e. The molecule has 1 aromatic carbocycles. The van der Waals surface area contributed by atoms with Crippen LogP contribution in [0.2, 0.25) is 0 Å². The lowest BCUT2D eigenvalue weighted by atomic mass is 10.0. The maximum atomic E-state index is 13.3. The van der Waals surface area contributed by atoms with Crippen LogP contribution >= 0.6 is 0 Å².